The molecular formula is C16H20BF3O2. The van der Waals surface area contributed by atoms with E-state index in [0.29, 0.717) is 5.56 Å². The minimum Gasteiger partial charge on any atom is -0.403 e. The van der Waals surface area contributed by atoms with Crippen molar-refractivity contribution in [2.75, 3.05) is 0 Å². The number of alkyl halides is 3. The maximum Gasteiger partial charge on any atom is 0.469 e. The minimum absolute atomic E-state index is 0.452. The summed E-state index contributed by atoms with van der Waals surface area (Å²) in [5, 5.41) is -0.452. The van der Waals surface area contributed by atoms with E-state index in [9.17, 15) is 13.2 Å². The van der Waals surface area contributed by atoms with Gasteiger partial charge in [-0.2, -0.15) is 13.2 Å². The van der Waals surface area contributed by atoms with Gasteiger partial charge in [0, 0.05) is 5.31 Å². The molecule has 1 saturated carbocycles. The van der Waals surface area contributed by atoms with Gasteiger partial charge in [0.15, 0.2) is 0 Å². The van der Waals surface area contributed by atoms with Gasteiger partial charge < -0.3 is 9.31 Å². The third kappa shape index (κ3) is 2.37. The lowest BCUT2D eigenvalue weighted by atomic mass is 9.64. The standard InChI is InChI=1S/C16H20BF3O2/c1-13(2)14(3,4)22-17(21-13)15(8-9-15)11-6-5-7-12(10-11)16(18,19)20/h5-7,10H,8-9H2,1-4H3. The van der Waals surface area contributed by atoms with Crippen molar-refractivity contribution in [3.63, 3.8) is 0 Å². The highest BCUT2D eigenvalue weighted by molar-refractivity contribution is 6.51. The quantitative estimate of drug-likeness (QED) is 0.755. The second kappa shape index (κ2) is 4.51. The Kier molecular flexibility index (Phi) is 3.25. The Morgan fingerprint density at radius 3 is 2.00 bits per heavy atom. The van der Waals surface area contributed by atoms with Crippen molar-refractivity contribution < 1.29 is 22.5 Å². The van der Waals surface area contributed by atoms with E-state index in [2.05, 4.69) is 0 Å². The van der Waals surface area contributed by atoms with Crippen LogP contribution in [0.2, 0.25) is 0 Å². The summed E-state index contributed by atoms with van der Waals surface area (Å²) in [6.07, 6.45) is -2.77. The number of hydrogen-bond acceptors (Lipinski definition) is 2. The van der Waals surface area contributed by atoms with Crippen LogP contribution in [-0.4, -0.2) is 18.3 Å². The molecule has 0 N–H and O–H groups in total. The van der Waals surface area contributed by atoms with Gasteiger partial charge in [-0.1, -0.05) is 18.2 Å². The average Bonchev–Trinajstić information content (AvgIpc) is 3.14. The summed E-state index contributed by atoms with van der Waals surface area (Å²) in [7, 11) is -0.499. The summed E-state index contributed by atoms with van der Waals surface area (Å²) < 4.78 is 50.9. The highest BCUT2D eigenvalue weighted by Gasteiger charge is 2.65. The summed E-state index contributed by atoms with van der Waals surface area (Å²) in [6, 6.07) is 5.54. The molecular weight excluding hydrogens is 292 g/mol. The molecule has 1 aliphatic carbocycles. The van der Waals surface area contributed by atoms with Crippen LogP contribution < -0.4 is 0 Å². The highest BCUT2D eigenvalue weighted by Crippen LogP contribution is 2.55. The minimum atomic E-state index is -4.33. The van der Waals surface area contributed by atoms with Gasteiger partial charge in [-0.05, 0) is 52.2 Å². The lowest BCUT2D eigenvalue weighted by molar-refractivity contribution is -0.137. The summed E-state index contributed by atoms with van der Waals surface area (Å²) in [4.78, 5) is 0. The molecule has 22 heavy (non-hydrogen) atoms. The Morgan fingerprint density at radius 1 is 1.00 bits per heavy atom. The Balaban J connectivity index is 1.93. The maximum atomic E-state index is 12.9. The van der Waals surface area contributed by atoms with Gasteiger partial charge in [0.25, 0.3) is 0 Å². The second-order valence-electron chi connectivity index (χ2n) is 7.32. The van der Waals surface area contributed by atoms with E-state index >= 15 is 0 Å². The fourth-order valence-electron chi connectivity index (χ4n) is 2.87. The first-order valence-corrected chi connectivity index (χ1v) is 7.51. The van der Waals surface area contributed by atoms with Gasteiger partial charge in [-0.25, -0.2) is 0 Å². The Morgan fingerprint density at radius 2 is 1.55 bits per heavy atom. The Hall–Kier alpha value is -1.01. The summed E-state index contributed by atoms with van der Waals surface area (Å²) in [5.41, 5.74) is -0.919. The van der Waals surface area contributed by atoms with Gasteiger partial charge in [0.1, 0.15) is 0 Å². The summed E-state index contributed by atoms with van der Waals surface area (Å²) in [6.45, 7) is 7.81. The third-order valence-electron chi connectivity index (χ3n) is 5.26. The van der Waals surface area contributed by atoms with Gasteiger partial charge in [-0.3, -0.25) is 0 Å². The molecule has 0 radical (unpaired) electrons. The van der Waals surface area contributed by atoms with Crippen LogP contribution >= 0.6 is 0 Å². The molecule has 6 heteroatoms. The van der Waals surface area contributed by atoms with Crippen LogP contribution in [0.4, 0.5) is 13.2 Å². The molecule has 0 aromatic heterocycles. The van der Waals surface area contributed by atoms with Crippen molar-refractivity contribution in [3.8, 4) is 0 Å². The Bertz CT molecular complexity index is 575. The first-order valence-electron chi connectivity index (χ1n) is 7.51. The second-order valence-corrected chi connectivity index (χ2v) is 7.32. The molecule has 1 aliphatic heterocycles. The van der Waals surface area contributed by atoms with Crippen molar-refractivity contribution in [1.29, 1.82) is 0 Å². The van der Waals surface area contributed by atoms with E-state index in [-0.39, 0.29) is 0 Å². The predicted molar refractivity (Wildman–Crippen MR) is 78.4 cm³/mol. The molecule has 3 rings (SSSR count). The van der Waals surface area contributed by atoms with Crippen molar-refractivity contribution in [3.05, 3.63) is 35.4 Å². The number of halogens is 3. The van der Waals surface area contributed by atoms with Crippen LogP contribution in [0.25, 0.3) is 0 Å². The third-order valence-corrected chi connectivity index (χ3v) is 5.26. The van der Waals surface area contributed by atoms with Crippen LogP contribution in [-0.2, 0) is 20.8 Å². The van der Waals surface area contributed by atoms with E-state index < -0.39 is 35.4 Å². The normalized spacial score (nSPS) is 25.3. The fraction of sp³-hybridized carbons (Fsp3) is 0.625. The van der Waals surface area contributed by atoms with E-state index in [1.165, 1.54) is 12.1 Å². The van der Waals surface area contributed by atoms with E-state index in [4.69, 9.17) is 9.31 Å². The smallest absolute Gasteiger partial charge is 0.403 e. The number of benzene rings is 1. The molecule has 2 aliphatic rings. The van der Waals surface area contributed by atoms with Crippen LogP contribution in [0.1, 0.15) is 51.7 Å². The molecule has 1 saturated heterocycles. The fourth-order valence-corrected chi connectivity index (χ4v) is 2.87. The molecule has 0 amide bonds. The molecule has 2 fully saturated rings. The zero-order valence-corrected chi connectivity index (χ0v) is 13.3. The average molecular weight is 312 g/mol. The lowest BCUT2D eigenvalue weighted by Crippen LogP contribution is -2.41. The number of rotatable bonds is 2. The zero-order valence-electron chi connectivity index (χ0n) is 13.3. The van der Waals surface area contributed by atoms with Gasteiger partial charge >= 0.3 is 13.3 Å². The van der Waals surface area contributed by atoms with Gasteiger partial charge in [0.05, 0.1) is 16.8 Å². The summed E-state index contributed by atoms with van der Waals surface area (Å²) >= 11 is 0. The summed E-state index contributed by atoms with van der Waals surface area (Å²) in [5.74, 6) is 0. The first kappa shape index (κ1) is 15.9. The molecule has 0 bridgehead atoms. The Labute approximate surface area is 129 Å². The van der Waals surface area contributed by atoms with Crippen molar-refractivity contribution in [2.24, 2.45) is 0 Å². The largest absolute Gasteiger partial charge is 0.469 e. The van der Waals surface area contributed by atoms with Crippen molar-refractivity contribution in [2.45, 2.75) is 63.2 Å². The highest BCUT2D eigenvalue weighted by atomic mass is 19.4. The van der Waals surface area contributed by atoms with E-state index in [1.807, 2.05) is 27.7 Å². The molecule has 1 heterocycles. The molecule has 0 atom stereocenters. The predicted octanol–water partition coefficient (Wildman–Crippen LogP) is 4.37. The van der Waals surface area contributed by atoms with Crippen LogP contribution in [0.5, 0.6) is 0 Å². The maximum absolute atomic E-state index is 12.9. The SMILES string of the molecule is CC1(C)OB(C2(c3cccc(C(F)(F)F)c3)CC2)OC1(C)C. The molecule has 2 nitrogen and oxygen atoms in total. The van der Waals surface area contributed by atoms with E-state index in [1.54, 1.807) is 6.07 Å². The number of hydrogen-bond donors (Lipinski definition) is 0. The zero-order chi connectivity index (χ0) is 16.4. The molecule has 0 unspecified atom stereocenters. The van der Waals surface area contributed by atoms with Crippen LogP contribution in [0, 0.1) is 0 Å². The first-order chi connectivity index (χ1) is 9.98. The molecule has 1 aromatic rings. The molecule has 120 valence electrons. The van der Waals surface area contributed by atoms with Crippen LogP contribution in [0.3, 0.4) is 0 Å². The topological polar surface area (TPSA) is 18.5 Å². The monoisotopic (exact) mass is 312 g/mol. The van der Waals surface area contributed by atoms with Gasteiger partial charge in [-0.15, -0.1) is 0 Å². The van der Waals surface area contributed by atoms with Gasteiger partial charge in [0.2, 0.25) is 0 Å². The van der Waals surface area contributed by atoms with Crippen LogP contribution in [0.15, 0.2) is 24.3 Å². The van der Waals surface area contributed by atoms with Crippen molar-refractivity contribution >= 4 is 7.12 Å². The van der Waals surface area contributed by atoms with Crippen molar-refractivity contribution in [1.82, 2.24) is 0 Å². The molecule has 0 spiro atoms. The lowest BCUT2D eigenvalue weighted by Gasteiger charge is -2.32. The molecule has 1 aromatic carbocycles. The van der Waals surface area contributed by atoms with E-state index in [0.717, 1.165) is 18.9 Å².